The molecular weight excluding hydrogens is 450 g/mol. The Morgan fingerprint density at radius 1 is 0.353 bits per heavy atom. The first-order valence-electron chi connectivity index (χ1n) is 12.1. The summed E-state index contributed by atoms with van der Waals surface area (Å²) in [6, 6.07) is 43.9. The molecule has 2 N–H and O–H groups in total. The van der Waals surface area contributed by atoms with Crippen LogP contribution < -0.4 is 31.9 Å². The van der Waals surface area contributed by atoms with Gasteiger partial charge in [-0.2, -0.15) is 0 Å². The van der Waals surface area contributed by atoms with Crippen molar-refractivity contribution in [3.05, 3.63) is 121 Å². The molecule has 0 heterocycles. The summed E-state index contributed by atoms with van der Waals surface area (Å²) in [5, 5.41) is 13.2. The summed E-state index contributed by atoms with van der Waals surface area (Å²) >= 11 is 0. The second-order valence-electron chi connectivity index (χ2n) is 8.15. The van der Waals surface area contributed by atoms with Gasteiger partial charge in [-0.3, -0.25) is 0 Å². The molecule has 0 saturated carbocycles. The van der Waals surface area contributed by atoms with E-state index in [0.717, 1.165) is 38.5 Å². The van der Waals surface area contributed by atoms with Gasteiger partial charge in [0.1, 0.15) is 0 Å². The minimum absolute atomic E-state index is 0.319. The first-order valence-corrected chi connectivity index (χ1v) is 15.1. The van der Waals surface area contributed by atoms with E-state index in [1.165, 1.54) is 21.2 Å². The molecule has 0 aliphatic rings. The lowest BCUT2D eigenvalue weighted by molar-refractivity contribution is 0.644. The molecule has 0 radical (unpaired) electrons. The van der Waals surface area contributed by atoms with Crippen LogP contribution >= 0.6 is 15.8 Å². The summed E-state index contributed by atoms with van der Waals surface area (Å²) < 4.78 is 0. The van der Waals surface area contributed by atoms with Crippen LogP contribution in [0.3, 0.4) is 0 Å². The van der Waals surface area contributed by atoms with Crippen molar-refractivity contribution in [2.75, 3.05) is 38.5 Å². The fourth-order valence-corrected chi connectivity index (χ4v) is 8.58. The molecule has 4 aromatic rings. The Morgan fingerprint density at radius 2 is 0.618 bits per heavy atom. The van der Waals surface area contributed by atoms with Crippen LogP contribution in [0, 0.1) is 0 Å². The van der Waals surface area contributed by atoms with Gasteiger partial charge >= 0.3 is 0 Å². The molecule has 0 fully saturated rings. The quantitative estimate of drug-likeness (QED) is 0.217. The van der Waals surface area contributed by atoms with Crippen molar-refractivity contribution in [2.24, 2.45) is 0 Å². The molecule has 0 amide bonds. The lowest BCUT2D eigenvalue weighted by Gasteiger charge is -2.20. The predicted octanol–water partition coefficient (Wildman–Crippen LogP) is 4.43. The SMILES string of the molecule is c1ccc(P(CCNCCNCCP(c2ccccc2)c2ccccc2)c2ccccc2)cc1. The van der Waals surface area contributed by atoms with E-state index < -0.39 is 0 Å². The molecule has 0 saturated heterocycles. The maximum Gasteiger partial charge on any atom is 0.00768 e. The Hall–Kier alpha value is -2.34. The predicted molar refractivity (Wildman–Crippen MR) is 154 cm³/mol. The largest absolute Gasteiger partial charge is 0.315 e. The Labute approximate surface area is 207 Å². The van der Waals surface area contributed by atoms with Gasteiger partial charge in [-0.1, -0.05) is 121 Å². The maximum atomic E-state index is 3.67. The molecule has 0 bridgehead atoms. The van der Waals surface area contributed by atoms with E-state index in [1.54, 1.807) is 0 Å². The number of rotatable bonds is 13. The van der Waals surface area contributed by atoms with E-state index in [9.17, 15) is 0 Å². The first kappa shape index (κ1) is 24.8. The Bertz CT molecular complexity index is 892. The normalized spacial score (nSPS) is 11.2. The van der Waals surface area contributed by atoms with Crippen molar-refractivity contribution in [1.82, 2.24) is 10.6 Å². The third-order valence-electron chi connectivity index (χ3n) is 5.77. The first-order chi connectivity index (χ1) is 16.9. The van der Waals surface area contributed by atoms with Crippen LogP contribution in [0.5, 0.6) is 0 Å². The second kappa shape index (κ2) is 14.1. The topological polar surface area (TPSA) is 24.1 Å². The summed E-state index contributed by atoms with van der Waals surface area (Å²) in [5.41, 5.74) is 0. The molecule has 2 nitrogen and oxygen atoms in total. The van der Waals surface area contributed by atoms with Crippen molar-refractivity contribution >= 4 is 37.1 Å². The summed E-state index contributed by atoms with van der Waals surface area (Å²) in [5.74, 6) is 0. The van der Waals surface area contributed by atoms with E-state index in [0.29, 0.717) is 0 Å². The summed E-state index contributed by atoms with van der Waals surface area (Å²) in [7, 11) is -0.638. The average Bonchev–Trinajstić information content (AvgIpc) is 2.92. The maximum absolute atomic E-state index is 3.67. The highest BCUT2D eigenvalue weighted by Crippen LogP contribution is 2.33. The molecule has 4 aromatic carbocycles. The van der Waals surface area contributed by atoms with Crippen molar-refractivity contribution in [2.45, 2.75) is 0 Å². The van der Waals surface area contributed by atoms with Crippen LogP contribution in [0.2, 0.25) is 0 Å². The van der Waals surface area contributed by atoms with Crippen LogP contribution in [-0.2, 0) is 0 Å². The summed E-state index contributed by atoms with van der Waals surface area (Å²) in [6.07, 6.45) is 2.33. The monoisotopic (exact) mass is 484 g/mol. The fourth-order valence-electron chi connectivity index (χ4n) is 4.05. The van der Waals surface area contributed by atoms with E-state index in [2.05, 4.69) is 132 Å². The van der Waals surface area contributed by atoms with Gasteiger partial charge in [0, 0.05) is 13.1 Å². The standard InChI is InChI=1S/C30H34N2P2/c1-5-13-27(14-6-1)33(28-15-7-2-8-16-28)25-23-31-21-22-32-24-26-34(29-17-9-3-10-18-29)30-19-11-4-12-20-30/h1-20,31-32H,21-26H2. The number of nitrogens with one attached hydrogen (secondary N) is 2. The van der Waals surface area contributed by atoms with Crippen LogP contribution in [0.15, 0.2) is 121 Å². The number of hydrogen-bond acceptors (Lipinski definition) is 2. The van der Waals surface area contributed by atoms with Gasteiger partial charge in [0.15, 0.2) is 0 Å². The zero-order valence-corrected chi connectivity index (χ0v) is 21.5. The van der Waals surface area contributed by atoms with Gasteiger partial charge in [0.25, 0.3) is 0 Å². The lowest BCUT2D eigenvalue weighted by Crippen LogP contribution is -2.32. The smallest absolute Gasteiger partial charge is 0.00768 e. The van der Waals surface area contributed by atoms with Gasteiger partial charge in [-0.05, 0) is 62.5 Å². The summed E-state index contributed by atoms with van der Waals surface area (Å²) in [6.45, 7) is 4.08. The highest BCUT2D eigenvalue weighted by molar-refractivity contribution is 7.73. The molecule has 0 aliphatic heterocycles. The van der Waals surface area contributed by atoms with E-state index in [1.807, 2.05) is 0 Å². The molecule has 0 atom stereocenters. The summed E-state index contributed by atoms with van der Waals surface area (Å²) in [4.78, 5) is 0. The van der Waals surface area contributed by atoms with E-state index in [4.69, 9.17) is 0 Å². The van der Waals surface area contributed by atoms with Crippen molar-refractivity contribution in [3.8, 4) is 0 Å². The van der Waals surface area contributed by atoms with Gasteiger partial charge in [0.2, 0.25) is 0 Å². The minimum atomic E-state index is -0.319. The van der Waals surface area contributed by atoms with Gasteiger partial charge < -0.3 is 10.6 Å². The van der Waals surface area contributed by atoms with Crippen molar-refractivity contribution in [1.29, 1.82) is 0 Å². The molecule has 34 heavy (non-hydrogen) atoms. The molecule has 0 spiro atoms. The third kappa shape index (κ3) is 7.59. The molecule has 4 rings (SSSR count). The Balaban J connectivity index is 1.21. The van der Waals surface area contributed by atoms with Gasteiger partial charge in [-0.15, -0.1) is 0 Å². The Kier molecular flexibility index (Phi) is 10.3. The minimum Gasteiger partial charge on any atom is -0.315 e. The van der Waals surface area contributed by atoms with Gasteiger partial charge in [0.05, 0.1) is 0 Å². The highest BCUT2D eigenvalue weighted by Gasteiger charge is 2.13. The second-order valence-corrected chi connectivity index (χ2v) is 12.8. The van der Waals surface area contributed by atoms with E-state index in [-0.39, 0.29) is 15.8 Å². The zero-order valence-electron chi connectivity index (χ0n) is 19.7. The zero-order chi connectivity index (χ0) is 23.3. The molecule has 0 unspecified atom stereocenters. The van der Waals surface area contributed by atoms with Crippen molar-refractivity contribution in [3.63, 3.8) is 0 Å². The lowest BCUT2D eigenvalue weighted by atomic mass is 10.4. The molecule has 0 aliphatic carbocycles. The fraction of sp³-hybridized carbons (Fsp3) is 0.200. The van der Waals surface area contributed by atoms with Crippen LogP contribution in [-0.4, -0.2) is 38.5 Å². The van der Waals surface area contributed by atoms with Crippen LogP contribution in [0.25, 0.3) is 0 Å². The van der Waals surface area contributed by atoms with Gasteiger partial charge in [-0.25, -0.2) is 0 Å². The van der Waals surface area contributed by atoms with Crippen LogP contribution in [0.1, 0.15) is 0 Å². The average molecular weight is 485 g/mol. The molecule has 0 aromatic heterocycles. The molecular formula is C30H34N2P2. The Morgan fingerprint density at radius 3 is 0.882 bits per heavy atom. The number of benzene rings is 4. The highest BCUT2D eigenvalue weighted by atomic mass is 31.1. The number of hydrogen-bond donors (Lipinski definition) is 2. The third-order valence-corrected chi connectivity index (χ3v) is 10.8. The molecule has 4 heteroatoms. The molecule has 174 valence electrons. The van der Waals surface area contributed by atoms with Crippen LogP contribution in [0.4, 0.5) is 0 Å². The van der Waals surface area contributed by atoms with Crippen molar-refractivity contribution < 1.29 is 0 Å². The van der Waals surface area contributed by atoms with E-state index >= 15 is 0 Å².